The van der Waals surface area contributed by atoms with Crippen LogP contribution in [0.15, 0.2) is 30.6 Å². The summed E-state index contributed by atoms with van der Waals surface area (Å²) in [6.45, 7) is 3.21. The third-order valence-corrected chi connectivity index (χ3v) is 5.22. The third kappa shape index (κ3) is 3.93. The number of fused-ring (bicyclic) bond motifs is 1. The zero-order valence-corrected chi connectivity index (χ0v) is 15.6. The van der Waals surface area contributed by atoms with E-state index in [0.717, 1.165) is 48.8 Å². The summed E-state index contributed by atoms with van der Waals surface area (Å²) in [5, 5.41) is 0. The van der Waals surface area contributed by atoms with Gasteiger partial charge in [-0.1, -0.05) is 6.07 Å². The summed E-state index contributed by atoms with van der Waals surface area (Å²) in [5.41, 5.74) is 0.952. The van der Waals surface area contributed by atoms with Gasteiger partial charge in [-0.3, -0.25) is 4.79 Å². The third-order valence-electron chi connectivity index (χ3n) is 5.22. The number of rotatable bonds is 6. The van der Waals surface area contributed by atoms with Crippen LogP contribution < -0.4 is 9.47 Å². The molecule has 2 aromatic rings. The van der Waals surface area contributed by atoms with Crippen molar-refractivity contribution >= 4 is 5.91 Å². The van der Waals surface area contributed by atoms with Gasteiger partial charge < -0.3 is 23.7 Å². The Hall–Kier alpha value is -2.54. The van der Waals surface area contributed by atoms with Gasteiger partial charge in [0.05, 0.1) is 13.0 Å². The lowest BCUT2D eigenvalue weighted by Crippen LogP contribution is -2.40. The molecule has 7 nitrogen and oxygen atoms in total. The molecule has 144 valence electrons. The summed E-state index contributed by atoms with van der Waals surface area (Å²) in [6.07, 6.45) is 6.24. The molecule has 2 aliphatic rings. The number of benzene rings is 1. The molecule has 3 heterocycles. The first-order valence-corrected chi connectivity index (χ1v) is 9.41. The average molecular weight is 371 g/mol. The summed E-state index contributed by atoms with van der Waals surface area (Å²) < 4.78 is 18.1. The van der Waals surface area contributed by atoms with Crippen LogP contribution >= 0.6 is 0 Å². The van der Waals surface area contributed by atoms with Crippen molar-refractivity contribution in [3.05, 3.63) is 42.0 Å². The van der Waals surface area contributed by atoms with E-state index in [1.165, 1.54) is 0 Å². The molecule has 1 amide bonds. The largest absolute Gasteiger partial charge is 0.454 e. The molecule has 27 heavy (non-hydrogen) atoms. The summed E-state index contributed by atoms with van der Waals surface area (Å²) in [5.74, 6) is 2.93. The number of hydrogen-bond donors (Lipinski definition) is 0. The van der Waals surface area contributed by atoms with Gasteiger partial charge in [0.15, 0.2) is 11.5 Å². The van der Waals surface area contributed by atoms with Crippen LogP contribution in [0, 0.1) is 0 Å². The lowest BCUT2D eigenvalue weighted by atomic mass is 9.96. The van der Waals surface area contributed by atoms with Crippen molar-refractivity contribution in [2.45, 2.75) is 31.7 Å². The van der Waals surface area contributed by atoms with Gasteiger partial charge in [-0.15, -0.1) is 0 Å². The zero-order valence-electron chi connectivity index (χ0n) is 15.6. The Morgan fingerprint density at radius 3 is 3.11 bits per heavy atom. The van der Waals surface area contributed by atoms with Crippen molar-refractivity contribution in [3.8, 4) is 11.5 Å². The molecular weight excluding hydrogens is 346 g/mol. The minimum Gasteiger partial charge on any atom is -0.454 e. The molecule has 0 saturated carbocycles. The highest BCUT2D eigenvalue weighted by Gasteiger charge is 2.27. The molecule has 2 aliphatic heterocycles. The first-order chi connectivity index (χ1) is 13.2. The molecule has 0 bridgehead atoms. The second-order valence-electron chi connectivity index (χ2n) is 7.01. The quantitative estimate of drug-likeness (QED) is 0.779. The Labute approximate surface area is 158 Å². The van der Waals surface area contributed by atoms with Crippen LogP contribution in [0.25, 0.3) is 0 Å². The SMILES string of the molecule is COCCn1ccnc1[C@H]1CCCN(C(=O)Cc2ccc3c(c2)OCO3)C1. The van der Waals surface area contributed by atoms with E-state index in [1.54, 1.807) is 7.11 Å². The number of hydrogen-bond acceptors (Lipinski definition) is 5. The van der Waals surface area contributed by atoms with Gasteiger partial charge >= 0.3 is 0 Å². The van der Waals surface area contributed by atoms with E-state index >= 15 is 0 Å². The van der Waals surface area contributed by atoms with Gasteiger partial charge in [0.1, 0.15) is 5.82 Å². The van der Waals surface area contributed by atoms with Gasteiger partial charge in [0.2, 0.25) is 12.7 Å². The molecule has 0 aliphatic carbocycles. The fraction of sp³-hybridized carbons (Fsp3) is 0.500. The predicted molar refractivity (Wildman–Crippen MR) is 98.9 cm³/mol. The fourth-order valence-electron chi connectivity index (χ4n) is 3.81. The normalized spacial score (nSPS) is 18.7. The maximum atomic E-state index is 12.8. The van der Waals surface area contributed by atoms with Crippen LogP contribution in [-0.4, -0.2) is 54.0 Å². The Morgan fingerprint density at radius 1 is 1.33 bits per heavy atom. The van der Waals surface area contributed by atoms with Crippen LogP contribution in [-0.2, 0) is 22.5 Å². The summed E-state index contributed by atoms with van der Waals surface area (Å²) in [7, 11) is 1.70. The fourth-order valence-corrected chi connectivity index (χ4v) is 3.81. The topological polar surface area (TPSA) is 65.8 Å². The van der Waals surface area contributed by atoms with E-state index in [0.29, 0.717) is 19.6 Å². The number of methoxy groups -OCH3 is 1. The second-order valence-corrected chi connectivity index (χ2v) is 7.01. The molecule has 4 rings (SSSR count). The number of carbonyl (C=O) groups excluding carboxylic acids is 1. The minimum absolute atomic E-state index is 0.147. The van der Waals surface area contributed by atoms with Gasteiger partial charge in [-0.05, 0) is 30.5 Å². The summed E-state index contributed by atoms with van der Waals surface area (Å²) >= 11 is 0. The van der Waals surface area contributed by atoms with Gasteiger partial charge in [0, 0.05) is 45.1 Å². The molecule has 7 heteroatoms. The number of piperidine rings is 1. The van der Waals surface area contributed by atoms with Crippen molar-refractivity contribution in [3.63, 3.8) is 0 Å². The number of nitrogens with zero attached hydrogens (tertiary/aromatic N) is 3. The van der Waals surface area contributed by atoms with E-state index < -0.39 is 0 Å². The smallest absolute Gasteiger partial charge is 0.231 e. The number of amides is 1. The molecule has 1 atom stereocenters. The lowest BCUT2D eigenvalue weighted by molar-refractivity contribution is -0.131. The van der Waals surface area contributed by atoms with Crippen molar-refractivity contribution in [1.29, 1.82) is 0 Å². The van der Waals surface area contributed by atoms with E-state index in [9.17, 15) is 4.79 Å². The van der Waals surface area contributed by atoms with Gasteiger partial charge in [-0.25, -0.2) is 4.98 Å². The van der Waals surface area contributed by atoms with Crippen LogP contribution in [0.2, 0.25) is 0 Å². The standard InChI is InChI=1S/C20H25N3O4/c1-25-10-9-22-8-6-21-20(22)16-3-2-7-23(13-16)19(24)12-15-4-5-17-18(11-15)27-14-26-17/h4-6,8,11,16H,2-3,7,9-10,12-14H2,1H3/t16-/m0/s1. The molecular formula is C20H25N3O4. The van der Waals surface area contributed by atoms with E-state index in [1.807, 2.05) is 35.5 Å². The molecule has 1 saturated heterocycles. The van der Waals surface area contributed by atoms with Crippen LogP contribution in [0.3, 0.4) is 0 Å². The maximum absolute atomic E-state index is 12.8. The number of carbonyl (C=O) groups is 1. The molecule has 0 N–H and O–H groups in total. The van der Waals surface area contributed by atoms with Crippen molar-refractivity contribution in [2.24, 2.45) is 0 Å². The number of likely N-dealkylation sites (tertiary alicyclic amines) is 1. The minimum atomic E-state index is 0.147. The van der Waals surface area contributed by atoms with Crippen molar-refractivity contribution in [2.75, 3.05) is 33.6 Å². The molecule has 0 unspecified atom stereocenters. The van der Waals surface area contributed by atoms with E-state index in [-0.39, 0.29) is 18.6 Å². The Balaban J connectivity index is 1.40. The monoisotopic (exact) mass is 371 g/mol. The number of ether oxygens (including phenoxy) is 3. The molecule has 0 spiro atoms. The van der Waals surface area contributed by atoms with Crippen molar-refractivity contribution in [1.82, 2.24) is 14.5 Å². The first-order valence-electron chi connectivity index (χ1n) is 9.41. The summed E-state index contributed by atoms with van der Waals surface area (Å²) in [6, 6.07) is 5.71. The molecule has 1 fully saturated rings. The predicted octanol–water partition coefficient (Wildman–Crippen LogP) is 2.21. The van der Waals surface area contributed by atoms with E-state index in [2.05, 4.69) is 9.55 Å². The highest BCUT2D eigenvalue weighted by atomic mass is 16.7. The summed E-state index contributed by atoms with van der Waals surface area (Å²) in [4.78, 5) is 19.4. The van der Waals surface area contributed by atoms with Gasteiger partial charge in [-0.2, -0.15) is 0 Å². The lowest BCUT2D eigenvalue weighted by Gasteiger charge is -2.33. The van der Waals surface area contributed by atoms with E-state index in [4.69, 9.17) is 14.2 Å². The molecule has 1 aromatic carbocycles. The second kappa shape index (κ2) is 8.00. The van der Waals surface area contributed by atoms with Crippen LogP contribution in [0.5, 0.6) is 11.5 Å². The van der Waals surface area contributed by atoms with Crippen LogP contribution in [0.1, 0.15) is 30.1 Å². The first kappa shape index (κ1) is 17.9. The number of aromatic nitrogens is 2. The van der Waals surface area contributed by atoms with Crippen molar-refractivity contribution < 1.29 is 19.0 Å². The zero-order chi connectivity index (χ0) is 18.6. The van der Waals surface area contributed by atoms with Gasteiger partial charge in [0.25, 0.3) is 0 Å². The number of imidazole rings is 1. The average Bonchev–Trinajstić information content (AvgIpc) is 3.35. The Morgan fingerprint density at radius 2 is 2.22 bits per heavy atom. The Bertz CT molecular complexity index is 804. The highest BCUT2D eigenvalue weighted by molar-refractivity contribution is 5.79. The maximum Gasteiger partial charge on any atom is 0.231 e. The Kier molecular flexibility index (Phi) is 5.29. The van der Waals surface area contributed by atoms with Crippen LogP contribution in [0.4, 0.5) is 0 Å². The highest BCUT2D eigenvalue weighted by Crippen LogP contribution is 2.33. The molecule has 1 aromatic heterocycles. The molecule has 0 radical (unpaired) electrons.